The first-order chi connectivity index (χ1) is 10.1. The highest BCUT2D eigenvalue weighted by Crippen LogP contribution is 2.09. The summed E-state index contributed by atoms with van der Waals surface area (Å²) >= 11 is 0. The Balaban J connectivity index is 1.75. The van der Waals surface area contributed by atoms with E-state index >= 15 is 0 Å². The van der Waals surface area contributed by atoms with Crippen LogP contribution in [0.5, 0.6) is 0 Å². The van der Waals surface area contributed by atoms with Gasteiger partial charge in [0.1, 0.15) is 0 Å². The van der Waals surface area contributed by atoms with Gasteiger partial charge < -0.3 is 19.8 Å². The molecule has 0 aliphatic carbocycles. The predicted molar refractivity (Wildman–Crippen MR) is 78.0 cm³/mol. The molecule has 0 aromatic rings. The highest BCUT2D eigenvalue weighted by Gasteiger charge is 2.28. The van der Waals surface area contributed by atoms with Gasteiger partial charge in [-0.3, -0.25) is 4.90 Å². The first-order valence-electron chi connectivity index (χ1n) is 7.29. The van der Waals surface area contributed by atoms with Crippen LogP contribution in [0.3, 0.4) is 0 Å². The van der Waals surface area contributed by atoms with Gasteiger partial charge in [0, 0.05) is 65.3 Å². The molecule has 0 atom stereocenters. The van der Waals surface area contributed by atoms with Gasteiger partial charge in [-0.25, -0.2) is 9.59 Å². The quantitative estimate of drug-likeness (QED) is 0.730. The number of terminal acetylenes is 1. The summed E-state index contributed by atoms with van der Waals surface area (Å²) < 4.78 is 0. The summed E-state index contributed by atoms with van der Waals surface area (Å²) in [6.45, 7) is 5.74. The van der Waals surface area contributed by atoms with E-state index in [0.29, 0.717) is 39.3 Å². The van der Waals surface area contributed by atoms with E-state index in [9.17, 15) is 9.59 Å². The number of rotatable bonds is 2. The van der Waals surface area contributed by atoms with Crippen molar-refractivity contribution in [2.45, 2.75) is 6.42 Å². The van der Waals surface area contributed by atoms with Gasteiger partial charge in [-0.15, -0.1) is 12.3 Å². The first-order valence-corrected chi connectivity index (χ1v) is 7.29. The van der Waals surface area contributed by atoms with Crippen molar-refractivity contribution in [2.75, 3.05) is 58.9 Å². The molecular weight excluding hydrogens is 272 g/mol. The molecule has 0 spiro atoms. The van der Waals surface area contributed by atoms with Crippen LogP contribution < -0.4 is 0 Å². The molecule has 0 aromatic carbocycles. The number of piperazine rings is 2. The van der Waals surface area contributed by atoms with Crippen LogP contribution >= 0.6 is 0 Å². The zero-order valence-corrected chi connectivity index (χ0v) is 12.2. The topological polar surface area (TPSA) is 67.3 Å². The molecule has 3 amide bonds. The van der Waals surface area contributed by atoms with Gasteiger partial charge in [0.15, 0.2) is 0 Å². The number of hydrogen-bond acceptors (Lipinski definition) is 3. The molecule has 2 saturated heterocycles. The average molecular weight is 294 g/mol. The number of carbonyl (C=O) groups excluding carboxylic acids is 1. The number of nitrogens with zero attached hydrogens (tertiary/aromatic N) is 4. The van der Waals surface area contributed by atoms with Crippen molar-refractivity contribution in [3.63, 3.8) is 0 Å². The third-order valence-electron chi connectivity index (χ3n) is 4.04. The molecule has 7 heteroatoms. The van der Waals surface area contributed by atoms with Crippen molar-refractivity contribution >= 4 is 12.1 Å². The molecule has 2 fully saturated rings. The van der Waals surface area contributed by atoms with Crippen LogP contribution in [0, 0.1) is 12.3 Å². The summed E-state index contributed by atoms with van der Waals surface area (Å²) in [4.78, 5) is 30.4. The summed E-state index contributed by atoms with van der Waals surface area (Å²) in [5.41, 5.74) is 0. The number of urea groups is 1. The van der Waals surface area contributed by atoms with Gasteiger partial charge in [-0.05, 0) is 0 Å². The Kier molecular flexibility index (Phi) is 5.28. The van der Waals surface area contributed by atoms with Crippen molar-refractivity contribution in [3.8, 4) is 12.3 Å². The van der Waals surface area contributed by atoms with Gasteiger partial charge in [-0.2, -0.15) is 0 Å². The fraction of sp³-hybridized carbons (Fsp3) is 0.714. The molecule has 0 unspecified atom stereocenters. The molecule has 2 aliphatic heterocycles. The minimum absolute atomic E-state index is 0.0247. The van der Waals surface area contributed by atoms with Gasteiger partial charge in [0.2, 0.25) is 0 Å². The molecule has 0 radical (unpaired) electrons. The standard InChI is InChI=1S/C14H22N4O3/c1-2-3-4-15-5-7-16(8-6-15)13(19)17-9-11-18(12-10-17)14(20)21/h1H,3-12H2,(H,20,21). The van der Waals surface area contributed by atoms with Crippen molar-refractivity contribution in [2.24, 2.45) is 0 Å². The zero-order valence-electron chi connectivity index (χ0n) is 12.2. The summed E-state index contributed by atoms with van der Waals surface area (Å²) in [5.74, 6) is 2.63. The fourth-order valence-electron chi connectivity index (χ4n) is 2.67. The molecular formula is C14H22N4O3. The monoisotopic (exact) mass is 294 g/mol. The Morgan fingerprint density at radius 1 is 0.905 bits per heavy atom. The maximum absolute atomic E-state index is 12.4. The lowest BCUT2D eigenvalue weighted by atomic mass is 10.3. The van der Waals surface area contributed by atoms with E-state index in [1.165, 1.54) is 4.90 Å². The Labute approximate surface area is 125 Å². The van der Waals surface area contributed by atoms with Gasteiger partial charge in [-0.1, -0.05) is 0 Å². The van der Waals surface area contributed by atoms with Crippen LogP contribution in [0.15, 0.2) is 0 Å². The molecule has 0 bridgehead atoms. The van der Waals surface area contributed by atoms with Gasteiger partial charge >= 0.3 is 12.1 Å². The lowest BCUT2D eigenvalue weighted by Crippen LogP contribution is -2.57. The van der Waals surface area contributed by atoms with E-state index < -0.39 is 6.09 Å². The maximum atomic E-state index is 12.4. The van der Waals surface area contributed by atoms with Crippen LogP contribution in [0.4, 0.5) is 9.59 Å². The highest BCUT2D eigenvalue weighted by atomic mass is 16.4. The second-order valence-corrected chi connectivity index (χ2v) is 5.32. The molecule has 2 heterocycles. The number of amides is 3. The van der Waals surface area contributed by atoms with Crippen molar-refractivity contribution in [3.05, 3.63) is 0 Å². The summed E-state index contributed by atoms with van der Waals surface area (Å²) in [6.07, 6.45) is 5.09. The fourth-order valence-corrected chi connectivity index (χ4v) is 2.67. The average Bonchev–Trinajstić information content (AvgIpc) is 2.53. The van der Waals surface area contributed by atoms with Crippen LogP contribution in [-0.2, 0) is 0 Å². The molecule has 0 aromatic heterocycles. The molecule has 0 saturated carbocycles. The van der Waals surface area contributed by atoms with Crippen molar-refractivity contribution < 1.29 is 14.7 Å². The maximum Gasteiger partial charge on any atom is 0.407 e. The minimum atomic E-state index is -0.913. The summed E-state index contributed by atoms with van der Waals surface area (Å²) in [6, 6.07) is 0.0247. The predicted octanol–water partition coefficient (Wildman–Crippen LogP) is 0.0429. The van der Waals surface area contributed by atoms with E-state index in [4.69, 9.17) is 11.5 Å². The van der Waals surface area contributed by atoms with Crippen molar-refractivity contribution in [1.82, 2.24) is 19.6 Å². The molecule has 116 valence electrons. The summed E-state index contributed by atoms with van der Waals surface area (Å²) in [7, 11) is 0. The third kappa shape index (κ3) is 4.02. The second-order valence-electron chi connectivity index (χ2n) is 5.32. The van der Waals surface area contributed by atoms with Crippen LogP contribution in [-0.4, -0.2) is 95.7 Å². The Morgan fingerprint density at radius 2 is 1.38 bits per heavy atom. The Bertz CT molecular complexity index is 418. The molecule has 1 N–H and O–H groups in total. The van der Waals surface area contributed by atoms with E-state index in [0.717, 1.165) is 26.1 Å². The van der Waals surface area contributed by atoms with Crippen molar-refractivity contribution in [1.29, 1.82) is 0 Å². The molecule has 2 aliphatic rings. The lowest BCUT2D eigenvalue weighted by Gasteiger charge is -2.40. The highest BCUT2D eigenvalue weighted by molar-refractivity contribution is 5.75. The van der Waals surface area contributed by atoms with Gasteiger partial charge in [0.25, 0.3) is 0 Å². The molecule has 21 heavy (non-hydrogen) atoms. The van der Waals surface area contributed by atoms with Crippen LogP contribution in [0.25, 0.3) is 0 Å². The first kappa shape index (κ1) is 15.4. The van der Waals surface area contributed by atoms with E-state index in [1.807, 2.05) is 4.90 Å². The normalized spacial score (nSPS) is 20.2. The van der Waals surface area contributed by atoms with E-state index in [-0.39, 0.29) is 6.03 Å². The lowest BCUT2D eigenvalue weighted by molar-refractivity contribution is 0.0854. The smallest absolute Gasteiger partial charge is 0.407 e. The Hall–Kier alpha value is -1.94. The number of hydrogen-bond donors (Lipinski definition) is 1. The number of carbonyl (C=O) groups is 2. The van der Waals surface area contributed by atoms with Crippen LogP contribution in [0.2, 0.25) is 0 Å². The summed E-state index contributed by atoms with van der Waals surface area (Å²) in [5, 5.41) is 8.90. The SMILES string of the molecule is C#CCCN1CCN(C(=O)N2CCN(C(=O)O)CC2)CC1. The number of carboxylic acid groups (broad SMARTS) is 1. The Morgan fingerprint density at radius 3 is 1.86 bits per heavy atom. The molecule has 7 nitrogen and oxygen atoms in total. The van der Waals surface area contributed by atoms with Gasteiger partial charge in [0.05, 0.1) is 0 Å². The van der Waals surface area contributed by atoms with E-state index in [1.54, 1.807) is 4.90 Å². The zero-order chi connectivity index (χ0) is 15.2. The third-order valence-corrected chi connectivity index (χ3v) is 4.04. The van der Waals surface area contributed by atoms with Crippen LogP contribution in [0.1, 0.15) is 6.42 Å². The largest absolute Gasteiger partial charge is 0.465 e. The minimum Gasteiger partial charge on any atom is -0.465 e. The van der Waals surface area contributed by atoms with E-state index in [2.05, 4.69) is 10.8 Å². The second kappa shape index (κ2) is 7.18. The molecule has 2 rings (SSSR count).